The lowest BCUT2D eigenvalue weighted by Crippen LogP contribution is -3.00. The molecule has 18 nitrogen and oxygen atoms in total. The first-order chi connectivity index (χ1) is 39.8. The molecule has 4 heterocycles. The molecule has 84 heavy (non-hydrogen) atoms. The number of fused-ring (bicyclic) bond motifs is 2. The second kappa shape index (κ2) is 32.4. The second-order valence-corrected chi connectivity index (χ2v) is 22.5. The average Bonchev–Trinajstić information content (AvgIpc) is 4.17. The highest BCUT2D eigenvalue weighted by Gasteiger charge is 2.48. The van der Waals surface area contributed by atoms with Crippen molar-refractivity contribution in [2.45, 2.75) is 164 Å². The second-order valence-electron chi connectivity index (χ2n) is 22.5. The molecule has 4 fully saturated rings. The summed E-state index contributed by atoms with van der Waals surface area (Å²) in [7, 11) is 3.33. The van der Waals surface area contributed by atoms with Crippen LogP contribution < -0.4 is 56.7 Å². The molecule has 0 aromatic heterocycles. The Bertz CT molecular complexity index is 2540. The largest absolute Gasteiger partial charge is 1.00 e. The van der Waals surface area contributed by atoms with Gasteiger partial charge >= 0.3 is 0 Å². The Balaban J connectivity index is 0.00000566. The first kappa shape index (κ1) is 66.3. The summed E-state index contributed by atoms with van der Waals surface area (Å²) in [5.74, 6) is -2.20. The van der Waals surface area contributed by atoms with Gasteiger partial charge in [0.15, 0.2) is 0 Å². The number of nitrogens with one attached hydrogen (secondary N) is 6. The molecule has 8 rings (SSSR count). The molecule has 20 heteroatoms. The van der Waals surface area contributed by atoms with Crippen molar-refractivity contribution < 1.29 is 63.2 Å². The highest BCUT2D eigenvalue weighted by molar-refractivity contribution is 5.96. The van der Waals surface area contributed by atoms with Crippen molar-refractivity contribution in [2.24, 2.45) is 0 Å². The van der Waals surface area contributed by atoms with Crippen molar-refractivity contribution >= 4 is 47.3 Å². The van der Waals surface area contributed by atoms with Crippen LogP contribution in [0.2, 0.25) is 0 Å². The van der Waals surface area contributed by atoms with Gasteiger partial charge in [0.05, 0.1) is 24.2 Å². The predicted molar refractivity (Wildman–Crippen MR) is 313 cm³/mol. The zero-order valence-corrected chi connectivity index (χ0v) is 50.4. The maximum atomic E-state index is 14.7. The van der Waals surface area contributed by atoms with E-state index in [1.807, 2.05) is 121 Å². The van der Waals surface area contributed by atoms with E-state index in [9.17, 15) is 38.4 Å². The van der Waals surface area contributed by atoms with Gasteiger partial charge in [-0.25, -0.2) is 0 Å². The molecule has 0 saturated carbocycles. The Labute approximate surface area is 507 Å². The Morgan fingerprint density at radius 3 is 1.07 bits per heavy atom. The molecule has 0 bridgehead atoms. The van der Waals surface area contributed by atoms with E-state index in [-0.39, 0.29) is 110 Å². The Morgan fingerprint density at radius 1 is 0.452 bits per heavy atom. The molecule has 4 aromatic rings. The standard InChI is InChI=1S/C64H84N10O8.2ClH/c1-43(65-3)59(77)67-51-41-71(39-37-49-33-35-53(73(49)63(51)81)61(79)69-57(45-23-13-9-14-24-45)46-25-15-10-16-26-46)55(75)31-21-7-5-6-8-22-32-56(76)72-40-38-50-34-36-54(74(50)64(82)52(42-72)68-60(78)44(2)66-4)62(80)70-58(47-27-17-11-18-28-47)48-29-19-12-20-30-48;;/h9-20,23-30,43-44,49-54,57-58,65-66H,5-8,21-22,31-42H2,1-4H3,(H,67,77)(H,68,78)(H,69,79)(H,70,80);2*1H/p-2/t43-,44-,49?,50?,51-,52-,53-,54-;;/m0../s1. The molecule has 0 spiro atoms. The Morgan fingerprint density at radius 2 is 0.762 bits per heavy atom. The average molecular weight is 1190 g/mol. The fourth-order valence-corrected chi connectivity index (χ4v) is 12.1. The third-order valence-corrected chi connectivity index (χ3v) is 17.1. The number of halogens is 2. The zero-order chi connectivity index (χ0) is 58.1. The van der Waals surface area contributed by atoms with Crippen molar-refractivity contribution in [1.82, 2.24) is 51.5 Å². The number of hydrogen-bond acceptors (Lipinski definition) is 10. The van der Waals surface area contributed by atoms with Gasteiger partial charge in [-0.3, -0.25) is 38.4 Å². The summed E-state index contributed by atoms with van der Waals surface area (Å²) in [6.45, 7) is 4.16. The van der Waals surface area contributed by atoms with Crippen LogP contribution in [-0.4, -0.2) is 155 Å². The van der Waals surface area contributed by atoms with E-state index in [1.165, 1.54) is 0 Å². The van der Waals surface area contributed by atoms with Crippen molar-refractivity contribution in [3.63, 3.8) is 0 Å². The lowest BCUT2D eigenvalue weighted by atomic mass is 9.98. The van der Waals surface area contributed by atoms with Crippen molar-refractivity contribution in [1.29, 1.82) is 0 Å². The van der Waals surface area contributed by atoms with E-state index >= 15 is 0 Å². The van der Waals surface area contributed by atoms with Gasteiger partial charge in [-0.15, -0.1) is 0 Å². The SMILES string of the molecule is CN[C@@H](C)C(=O)N[C@H]1CN(C(=O)CCCCCCCCC(=O)N2CCC3CC[C@@H](C(=O)NC(c4ccccc4)c4ccccc4)N3C(=O)[C@@H](NC(=O)[C@H](C)NC)C2)CCC2CC[C@@H](C(=O)NC(c3ccccc3)c3ccccc3)N2C1=O.[Cl-].[Cl-]. The predicted octanol–water partition coefficient (Wildman–Crippen LogP) is -0.704. The fourth-order valence-electron chi connectivity index (χ4n) is 12.1. The number of amides is 8. The van der Waals surface area contributed by atoms with E-state index < -0.39 is 48.3 Å². The molecule has 4 aromatic carbocycles. The minimum Gasteiger partial charge on any atom is -1.00 e. The molecule has 8 amide bonds. The van der Waals surface area contributed by atoms with Gasteiger partial charge < -0.3 is 76.3 Å². The number of nitrogens with zero attached hydrogens (tertiary/aromatic N) is 4. The lowest BCUT2D eigenvalue weighted by Gasteiger charge is -2.39. The zero-order valence-electron chi connectivity index (χ0n) is 48.9. The molecule has 6 N–H and O–H groups in total. The monoisotopic (exact) mass is 1190 g/mol. The lowest BCUT2D eigenvalue weighted by molar-refractivity contribution is -0.147. The highest BCUT2D eigenvalue weighted by atomic mass is 35.5. The van der Waals surface area contributed by atoms with Crippen LogP contribution in [0.5, 0.6) is 0 Å². The van der Waals surface area contributed by atoms with Crippen LogP contribution >= 0.6 is 0 Å². The first-order valence-corrected chi connectivity index (χ1v) is 29.7. The summed E-state index contributed by atoms with van der Waals surface area (Å²) in [5, 5.41) is 18.2. The van der Waals surface area contributed by atoms with E-state index in [2.05, 4.69) is 31.9 Å². The minimum absolute atomic E-state index is 0. The number of likely N-dealkylation sites (N-methyl/N-ethyl adjacent to an activating group) is 2. The third-order valence-electron chi connectivity index (χ3n) is 17.1. The molecule has 0 radical (unpaired) electrons. The van der Waals surface area contributed by atoms with Crippen LogP contribution in [0.15, 0.2) is 121 Å². The summed E-state index contributed by atoms with van der Waals surface area (Å²) < 4.78 is 0. The van der Waals surface area contributed by atoms with Gasteiger partial charge in [0.1, 0.15) is 24.2 Å². The van der Waals surface area contributed by atoms with Crippen LogP contribution in [-0.2, 0) is 38.4 Å². The van der Waals surface area contributed by atoms with Crippen molar-refractivity contribution in [3.8, 4) is 0 Å². The maximum absolute atomic E-state index is 14.7. The van der Waals surface area contributed by atoms with E-state index in [1.54, 1.807) is 47.5 Å². The number of rotatable bonds is 23. The van der Waals surface area contributed by atoms with Gasteiger partial charge in [0.25, 0.3) is 0 Å². The Kier molecular flexibility index (Phi) is 25.6. The summed E-state index contributed by atoms with van der Waals surface area (Å²) in [6.07, 6.45) is 8.26. The number of unbranched alkanes of at least 4 members (excludes halogenated alkanes) is 5. The van der Waals surface area contributed by atoms with Crippen LogP contribution in [0.1, 0.15) is 138 Å². The summed E-state index contributed by atoms with van der Waals surface area (Å²) in [5.41, 5.74) is 3.66. The third kappa shape index (κ3) is 16.9. The summed E-state index contributed by atoms with van der Waals surface area (Å²) in [4.78, 5) is 119. The molecule has 4 aliphatic heterocycles. The van der Waals surface area contributed by atoms with Gasteiger partial charge in [-0.1, -0.05) is 147 Å². The summed E-state index contributed by atoms with van der Waals surface area (Å²) >= 11 is 0. The normalized spacial score (nSPS) is 21.3. The highest BCUT2D eigenvalue weighted by Crippen LogP contribution is 2.33. The van der Waals surface area contributed by atoms with E-state index in [0.29, 0.717) is 64.5 Å². The van der Waals surface area contributed by atoms with Gasteiger partial charge in [0.2, 0.25) is 47.3 Å². The molecule has 454 valence electrons. The molecule has 4 saturated heterocycles. The molecule has 0 aliphatic carbocycles. The van der Waals surface area contributed by atoms with E-state index in [4.69, 9.17) is 0 Å². The van der Waals surface area contributed by atoms with Gasteiger partial charge in [0, 0.05) is 51.1 Å². The van der Waals surface area contributed by atoms with Gasteiger partial charge in [-0.05, 0) is 102 Å². The van der Waals surface area contributed by atoms with Crippen molar-refractivity contribution in [3.05, 3.63) is 144 Å². The number of benzene rings is 4. The number of carbonyl (C=O) groups is 8. The van der Waals surface area contributed by atoms with Gasteiger partial charge in [-0.2, -0.15) is 0 Å². The summed E-state index contributed by atoms with van der Waals surface area (Å²) in [6, 6.07) is 32.7. The smallest absolute Gasteiger partial charge is 0.247 e. The molecular weight excluding hydrogens is 1110 g/mol. The maximum Gasteiger partial charge on any atom is 0.247 e. The topological polar surface area (TPSA) is 222 Å². The molecule has 4 aliphatic rings. The first-order valence-electron chi connectivity index (χ1n) is 29.7. The van der Waals surface area contributed by atoms with Crippen LogP contribution in [0.25, 0.3) is 0 Å². The van der Waals surface area contributed by atoms with Crippen molar-refractivity contribution in [2.75, 3.05) is 40.3 Å². The molecule has 8 atom stereocenters. The van der Waals surface area contributed by atoms with E-state index in [0.717, 1.165) is 47.9 Å². The number of hydrogen-bond donors (Lipinski definition) is 6. The quantitative estimate of drug-likeness (QED) is 0.0513. The minimum atomic E-state index is -1.04. The Hall–Kier alpha value is -6.86. The molecule has 2 unspecified atom stereocenters. The van der Waals surface area contributed by atoms with Crippen LogP contribution in [0.3, 0.4) is 0 Å². The van der Waals surface area contributed by atoms with Crippen LogP contribution in [0.4, 0.5) is 0 Å². The molecular formula is C64H84Cl2N10O8-2. The van der Waals surface area contributed by atoms with Crippen LogP contribution in [0, 0.1) is 0 Å². The number of carbonyl (C=O) groups excluding carboxylic acids is 8. The fraction of sp³-hybridized carbons (Fsp3) is 0.500.